The van der Waals surface area contributed by atoms with Gasteiger partial charge in [-0.3, -0.25) is 9.78 Å². The summed E-state index contributed by atoms with van der Waals surface area (Å²) in [6.07, 6.45) is 1.62. The van der Waals surface area contributed by atoms with Crippen LogP contribution in [0.2, 0.25) is 0 Å². The molecule has 0 unspecified atom stereocenters. The molecule has 0 aromatic carbocycles. The van der Waals surface area contributed by atoms with Crippen LogP contribution in [0.5, 0.6) is 0 Å². The molecule has 0 radical (unpaired) electrons. The molecule has 1 N–H and O–H groups in total. The first-order valence-electron chi connectivity index (χ1n) is 5.72. The maximum Gasteiger partial charge on any atom is 0.348 e. The second-order valence-electron chi connectivity index (χ2n) is 3.95. The Hall–Kier alpha value is -2.54. The molecule has 0 bridgehead atoms. The van der Waals surface area contributed by atoms with Gasteiger partial charge in [0.05, 0.1) is 12.6 Å². The highest BCUT2D eigenvalue weighted by atomic mass is 32.1. The first-order valence-corrected chi connectivity index (χ1v) is 6.54. The topological polar surface area (TPSA) is 84.9 Å². The van der Waals surface area contributed by atoms with Crippen LogP contribution < -0.4 is 5.56 Å². The molecule has 0 saturated heterocycles. The van der Waals surface area contributed by atoms with Gasteiger partial charge in [-0.2, -0.15) is 0 Å². The van der Waals surface area contributed by atoms with Crippen LogP contribution in [0, 0.1) is 0 Å². The highest BCUT2D eigenvalue weighted by Crippen LogP contribution is 2.23. The smallest absolute Gasteiger partial charge is 0.348 e. The number of carbonyl (C=O) groups excluding carboxylic acids is 1. The van der Waals surface area contributed by atoms with Crippen LogP contribution in [0.25, 0.3) is 21.7 Å². The van der Waals surface area contributed by atoms with E-state index in [1.165, 1.54) is 7.11 Å². The molecule has 0 atom stereocenters. The minimum absolute atomic E-state index is 0.296. The number of methoxy groups -OCH3 is 1. The van der Waals surface area contributed by atoms with Gasteiger partial charge < -0.3 is 9.72 Å². The van der Waals surface area contributed by atoms with E-state index in [9.17, 15) is 9.59 Å². The van der Waals surface area contributed by atoms with E-state index in [1.54, 1.807) is 30.5 Å². The molecule has 100 valence electrons. The molecule has 20 heavy (non-hydrogen) atoms. The molecule has 0 aliphatic heterocycles. The minimum atomic E-state index is -0.480. The Bertz CT molecular complexity index is 839. The lowest BCUT2D eigenvalue weighted by atomic mass is 10.3. The van der Waals surface area contributed by atoms with Crippen molar-refractivity contribution >= 4 is 27.5 Å². The number of esters is 1. The molecule has 3 aromatic heterocycles. The summed E-state index contributed by atoms with van der Waals surface area (Å²) in [6.45, 7) is 0. The average molecular weight is 287 g/mol. The Morgan fingerprint density at radius 1 is 1.40 bits per heavy atom. The van der Waals surface area contributed by atoms with Gasteiger partial charge in [-0.05, 0) is 18.2 Å². The van der Waals surface area contributed by atoms with Crippen LogP contribution in [-0.2, 0) is 4.74 Å². The molecule has 6 nitrogen and oxygen atoms in total. The van der Waals surface area contributed by atoms with Crippen LogP contribution in [-0.4, -0.2) is 28.0 Å². The van der Waals surface area contributed by atoms with Gasteiger partial charge in [0.2, 0.25) is 0 Å². The van der Waals surface area contributed by atoms with Crippen molar-refractivity contribution in [3.8, 4) is 11.5 Å². The number of pyridine rings is 1. The second kappa shape index (κ2) is 4.86. The van der Waals surface area contributed by atoms with Crippen LogP contribution in [0.4, 0.5) is 0 Å². The highest BCUT2D eigenvalue weighted by Gasteiger charge is 2.15. The first kappa shape index (κ1) is 12.5. The lowest BCUT2D eigenvalue weighted by Crippen LogP contribution is -2.07. The van der Waals surface area contributed by atoms with Crippen molar-refractivity contribution < 1.29 is 9.53 Å². The summed E-state index contributed by atoms with van der Waals surface area (Å²) in [6, 6.07) is 6.88. The molecule has 0 fully saturated rings. The molecule has 0 amide bonds. The standard InChI is InChI=1S/C13H9N3O3S/c1-19-13(18)9-6-8-10(20-9)12(17)16-11(15-8)7-4-2-3-5-14-7/h2-6H,1H3,(H,15,16,17). The monoisotopic (exact) mass is 287 g/mol. The molecular weight excluding hydrogens is 278 g/mol. The Balaban J connectivity index is 2.19. The number of aromatic nitrogens is 3. The van der Waals surface area contributed by atoms with Gasteiger partial charge in [0.25, 0.3) is 5.56 Å². The Morgan fingerprint density at radius 3 is 2.95 bits per heavy atom. The maximum atomic E-state index is 12.0. The van der Waals surface area contributed by atoms with Crippen molar-refractivity contribution in [2.24, 2.45) is 0 Å². The summed E-state index contributed by atoms with van der Waals surface area (Å²) in [5.74, 6) is -0.107. The predicted molar refractivity (Wildman–Crippen MR) is 74.8 cm³/mol. The van der Waals surface area contributed by atoms with E-state index < -0.39 is 5.97 Å². The number of aromatic amines is 1. The largest absolute Gasteiger partial charge is 0.465 e. The van der Waals surface area contributed by atoms with Crippen LogP contribution in [0.1, 0.15) is 9.67 Å². The Kier molecular flexibility index (Phi) is 3.03. The van der Waals surface area contributed by atoms with Crippen molar-refractivity contribution in [1.29, 1.82) is 0 Å². The molecule has 3 heterocycles. The van der Waals surface area contributed by atoms with E-state index in [0.717, 1.165) is 11.3 Å². The van der Waals surface area contributed by atoms with Crippen molar-refractivity contribution in [2.75, 3.05) is 7.11 Å². The summed E-state index contributed by atoms with van der Waals surface area (Å²) in [5, 5.41) is 0. The Morgan fingerprint density at radius 2 is 2.25 bits per heavy atom. The minimum Gasteiger partial charge on any atom is -0.465 e. The maximum absolute atomic E-state index is 12.0. The third-order valence-electron chi connectivity index (χ3n) is 2.68. The van der Waals surface area contributed by atoms with Crippen molar-refractivity contribution in [3.63, 3.8) is 0 Å². The number of nitrogens with one attached hydrogen (secondary N) is 1. The van der Waals surface area contributed by atoms with E-state index in [1.807, 2.05) is 0 Å². The lowest BCUT2D eigenvalue weighted by molar-refractivity contribution is 0.0606. The van der Waals surface area contributed by atoms with Gasteiger partial charge in [0.15, 0.2) is 5.82 Å². The summed E-state index contributed by atoms with van der Waals surface area (Å²) in [7, 11) is 1.30. The molecule has 0 aliphatic rings. The lowest BCUT2D eigenvalue weighted by Gasteiger charge is -1.98. The fraction of sp³-hybridized carbons (Fsp3) is 0.0769. The number of hydrogen-bond donors (Lipinski definition) is 1. The van der Waals surface area contributed by atoms with Gasteiger partial charge in [0, 0.05) is 6.20 Å². The molecule has 3 rings (SSSR count). The normalized spacial score (nSPS) is 10.7. The van der Waals surface area contributed by atoms with Crippen LogP contribution in [0.3, 0.4) is 0 Å². The summed E-state index contributed by atoms with van der Waals surface area (Å²) in [5.41, 5.74) is 0.730. The van der Waals surface area contributed by atoms with E-state index in [0.29, 0.717) is 26.6 Å². The average Bonchev–Trinajstić information content (AvgIpc) is 2.92. The van der Waals surface area contributed by atoms with Gasteiger partial charge in [-0.1, -0.05) is 6.07 Å². The molecule has 3 aromatic rings. The van der Waals surface area contributed by atoms with E-state index >= 15 is 0 Å². The fourth-order valence-corrected chi connectivity index (χ4v) is 2.68. The zero-order valence-electron chi connectivity index (χ0n) is 10.4. The van der Waals surface area contributed by atoms with Crippen molar-refractivity contribution in [2.45, 2.75) is 0 Å². The van der Waals surface area contributed by atoms with Crippen LogP contribution in [0.15, 0.2) is 35.3 Å². The van der Waals surface area contributed by atoms with E-state index in [-0.39, 0.29) is 5.56 Å². The molecule has 0 spiro atoms. The van der Waals surface area contributed by atoms with Crippen molar-refractivity contribution in [3.05, 3.63) is 45.7 Å². The number of nitrogens with zero attached hydrogens (tertiary/aromatic N) is 2. The molecule has 0 aliphatic carbocycles. The number of rotatable bonds is 2. The molecule has 0 saturated carbocycles. The number of fused-ring (bicyclic) bond motifs is 1. The quantitative estimate of drug-likeness (QED) is 0.727. The van der Waals surface area contributed by atoms with E-state index in [4.69, 9.17) is 0 Å². The van der Waals surface area contributed by atoms with E-state index in [2.05, 4.69) is 19.7 Å². The third kappa shape index (κ3) is 2.08. The fourth-order valence-electron chi connectivity index (χ4n) is 1.77. The summed E-state index contributed by atoms with van der Waals surface area (Å²) >= 11 is 1.06. The number of ether oxygens (including phenoxy) is 1. The number of hydrogen-bond acceptors (Lipinski definition) is 6. The molecule has 7 heteroatoms. The SMILES string of the molecule is COC(=O)c1cc2nc(-c3ccccn3)[nH]c(=O)c2s1. The zero-order valence-corrected chi connectivity index (χ0v) is 11.2. The van der Waals surface area contributed by atoms with Gasteiger partial charge in [0.1, 0.15) is 15.3 Å². The number of H-pyrrole nitrogens is 1. The third-order valence-corrected chi connectivity index (χ3v) is 3.78. The first-order chi connectivity index (χ1) is 9.69. The summed E-state index contributed by atoms with van der Waals surface area (Å²) < 4.78 is 5.03. The number of carbonyl (C=O) groups is 1. The second-order valence-corrected chi connectivity index (χ2v) is 5.00. The zero-order chi connectivity index (χ0) is 14.1. The highest BCUT2D eigenvalue weighted by molar-refractivity contribution is 7.20. The van der Waals surface area contributed by atoms with Gasteiger partial charge in [-0.25, -0.2) is 9.78 Å². The van der Waals surface area contributed by atoms with Crippen molar-refractivity contribution in [1.82, 2.24) is 15.0 Å². The van der Waals surface area contributed by atoms with Crippen LogP contribution >= 0.6 is 11.3 Å². The van der Waals surface area contributed by atoms with Gasteiger partial charge in [-0.15, -0.1) is 11.3 Å². The van der Waals surface area contributed by atoms with Gasteiger partial charge >= 0.3 is 5.97 Å². The summed E-state index contributed by atoms with van der Waals surface area (Å²) in [4.78, 5) is 35.0. The Labute approximate surface area is 117 Å². The predicted octanol–water partition coefficient (Wildman–Crippen LogP) is 1.83. The molecular formula is C13H9N3O3S. The number of thiophene rings is 1.